The lowest BCUT2D eigenvalue weighted by Gasteiger charge is -2.23. The molecule has 4 heteroatoms. The first kappa shape index (κ1) is 22.5. The molecule has 0 saturated carbocycles. The van der Waals surface area contributed by atoms with Gasteiger partial charge in [0, 0.05) is 16.5 Å². The Balaban J connectivity index is 1.79. The number of rotatable bonds is 4. The fourth-order valence-electron chi connectivity index (χ4n) is 5.38. The van der Waals surface area contributed by atoms with Crippen molar-refractivity contribution in [3.05, 3.63) is 89.1 Å². The summed E-state index contributed by atoms with van der Waals surface area (Å²) < 4.78 is 8.85. The Kier molecular flexibility index (Phi) is 5.22. The molecule has 4 nitrogen and oxygen atoms in total. The van der Waals surface area contributed by atoms with Crippen LogP contribution >= 0.6 is 0 Å². The van der Waals surface area contributed by atoms with Crippen LogP contribution in [-0.2, 0) is 0 Å². The number of pyridine rings is 1. The topological polar surface area (TPSA) is 43.9 Å². The van der Waals surface area contributed by atoms with E-state index in [-0.39, 0.29) is 0 Å². The number of benzene rings is 3. The Morgan fingerprint density at radius 3 is 2.14 bits per heavy atom. The molecule has 0 saturated heterocycles. The van der Waals surface area contributed by atoms with E-state index in [1.54, 1.807) is 0 Å². The SMILES string of the molecule is Cc1ccc2c(n1)oc1c(-c3nc4ccccc4n3-c3c(C(C)C)cccc3C(C)C)c(C)ccc12. The van der Waals surface area contributed by atoms with Gasteiger partial charge in [-0.3, -0.25) is 4.57 Å². The lowest BCUT2D eigenvalue weighted by Crippen LogP contribution is -2.09. The molecule has 6 aromatic rings. The van der Waals surface area contributed by atoms with E-state index in [0.717, 1.165) is 50.0 Å². The second kappa shape index (κ2) is 8.34. The molecule has 3 aromatic heterocycles. The van der Waals surface area contributed by atoms with Gasteiger partial charge < -0.3 is 4.42 Å². The second-order valence-electron chi connectivity index (χ2n) is 10.4. The van der Waals surface area contributed by atoms with Crippen LogP contribution in [0, 0.1) is 13.8 Å². The maximum atomic E-state index is 6.48. The molecule has 0 amide bonds. The third kappa shape index (κ3) is 3.35. The van der Waals surface area contributed by atoms with Crippen LogP contribution in [0.4, 0.5) is 0 Å². The van der Waals surface area contributed by atoms with Crippen molar-refractivity contribution in [2.24, 2.45) is 0 Å². The minimum absolute atomic E-state index is 0.364. The van der Waals surface area contributed by atoms with Gasteiger partial charge in [0.1, 0.15) is 11.4 Å². The van der Waals surface area contributed by atoms with E-state index < -0.39 is 0 Å². The fourth-order valence-corrected chi connectivity index (χ4v) is 5.38. The Labute approximate surface area is 211 Å². The first-order valence-corrected chi connectivity index (χ1v) is 12.8. The maximum absolute atomic E-state index is 6.48. The number of nitrogens with zero attached hydrogens (tertiary/aromatic N) is 3. The van der Waals surface area contributed by atoms with Crippen LogP contribution in [0.15, 0.2) is 71.1 Å². The van der Waals surface area contributed by atoms with Crippen LogP contribution in [0.5, 0.6) is 0 Å². The van der Waals surface area contributed by atoms with Crippen LogP contribution in [-0.4, -0.2) is 14.5 Å². The summed E-state index contributed by atoms with van der Waals surface area (Å²) in [6.07, 6.45) is 0. The monoisotopic (exact) mass is 473 g/mol. The molecule has 0 N–H and O–H groups in total. The number of hydrogen-bond acceptors (Lipinski definition) is 3. The minimum atomic E-state index is 0.364. The van der Waals surface area contributed by atoms with Crippen molar-refractivity contribution in [3.63, 3.8) is 0 Å². The summed E-state index contributed by atoms with van der Waals surface area (Å²) >= 11 is 0. The van der Waals surface area contributed by atoms with Gasteiger partial charge in [-0.2, -0.15) is 0 Å². The average molecular weight is 474 g/mol. The predicted molar refractivity (Wildman–Crippen MR) is 149 cm³/mol. The number of imidazole rings is 1. The summed E-state index contributed by atoms with van der Waals surface area (Å²) in [6.45, 7) is 13.2. The predicted octanol–water partition coefficient (Wildman–Crippen LogP) is 8.85. The molecule has 3 aromatic carbocycles. The quantitative estimate of drug-likeness (QED) is 0.257. The molecule has 0 spiro atoms. The first-order valence-electron chi connectivity index (χ1n) is 12.8. The van der Waals surface area contributed by atoms with Crippen molar-refractivity contribution in [2.75, 3.05) is 0 Å². The number of furan rings is 1. The van der Waals surface area contributed by atoms with Gasteiger partial charge in [0.2, 0.25) is 5.71 Å². The highest BCUT2D eigenvalue weighted by molar-refractivity contribution is 6.09. The molecule has 0 aliphatic carbocycles. The lowest BCUT2D eigenvalue weighted by molar-refractivity contribution is 0.653. The fraction of sp³-hybridized carbons (Fsp3) is 0.250. The van der Waals surface area contributed by atoms with E-state index in [1.807, 2.05) is 13.0 Å². The van der Waals surface area contributed by atoms with Gasteiger partial charge >= 0.3 is 0 Å². The number of para-hydroxylation sites is 3. The Hall–Kier alpha value is -3.92. The van der Waals surface area contributed by atoms with E-state index in [0.29, 0.717) is 17.5 Å². The van der Waals surface area contributed by atoms with E-state index in [1.165, 1.54) is 16.8 Å². The smallest absolute Gasteiger partial charge is 0.227 e. The van der Waals surface area contributed by atoms with Gasteiger partial charge in [-0.1, -0.05) is 70.2 Å². The van der Waals surface area contributed by atoms with E-state index in [2.05, 4.69) is 105 Å². The number of aryl methyl sites for hydroxylation is 2. The molecule has 0 aliphatic heterocycles. The van der Waals surface area contributed by atoms with E-state index >= 15 is 0 Å². The van der Waals surface area contributed by atoms with Crippen LogP contribution in [0.25, 0.3) is 50.2 Å². The molecule has 0 bridgehead atoms. The Morgan fingerprint density at radius 2 is 1.42 bits per heavy atom. The van der Waals surface area contributed by atoms with Gasteiger partial charge in [-0.25, -0.2) is 9.97 Å². The molecule has 0 aliphatic rings. The second-order valence-corrected chi connectivity index (χ2v) is 10.4. The van der Waals surface area contributed by atoms with Crippen LogP contribution in [0.3, 0.4) is 0 Å². The standard InChI is InChI=1S/C32H31N3O/c1-18(2)22-10-9-11-23(19(3)4)29(22)35-27-13-8-7-12-26(27)34-31(35)28-20(5)14-16-24-25-17-15-21(6)33-32(25)36-30(24)28/h7-19H,1-6H3. The summed E-state index contributed by atoms with van der Waals surface area (Å²) in [5, 5.41) is 2.10. The van der Waals surface area contributed by atoms with Crippen LogP contribution in [0.2, 0.25) is 0 Å². The Morgan fingerprint density at radius 1 is 0.722 bits per heavy atom. The molecule has 0 atom stereocenters. The zero-order valence-corrected chi connectivity index (χ0v) is 21.8. The zero-order chi connectivity index (χ0) is 25.1. The molecular weight excluding hydrogens is 442 g/mol. The van der Waals surface area contributed by atoms with Gasteiger partial charge in [0.15, 0.2) is 0 Å². The number of aromatic nitrogens is 3. The van der Waals surface area contributed by atoms with Gasteiger partial charge in [0.05, 0.1) is 22.3 Å². The number of fused-ring (bicyclic) bond motifs is 4. The van der Waals surface area contributed by atoms with Crippen molar-refractivity contribution in [2.45, 2.75) is 53.4 Å². The van der Waals surface area contributed by atoms with Crippen molar-refractivity contribution >= 4 is 33.1 Å². The van der Waals surface area contributed by atoms with Gasteiger partial charge in [0.25, 0.3) is 0 Å². The molecule has 0 unspecified atom stereocenters. The largest absolute Gasteiger partial charge is 0.437 e. The number of hydrogen-bond donors (Lipinski definition) is 0. The third-order valence-electron chi connectivity index (χ3n) is 7.20. The molecule has 180 valence electrons. The first-order chi connectivity index (χ1) is 17.3. The third-order valence-corrected chi connectivity index (χ3v) is 7.20. The molecular formula is C32H31N3O. The highest BCUT2D eigenvalue weighted by atomic mass is 16.3. The summed E-state index contributed by atoms with van der Waals surface area (Å²) in [7, 11) is 0. The van der Waals surface area contributed by atoms with Crippen LogP contribution < -0.4 is 0 Å². The Bertz CT molecular complexity index is 1740. The van der Waals surface area contributed by atoms with Crippen LogP contribution in [0.1, 0.15) is 61.9 Å². The minimum Gasteiger partial charge on any atom is -0.437 e. The summed E-state index contributed by atoms with van der Waals surface area (Å²) in [5.41, 5.74) is 10.5. The van der Waals surface area contributed by atoms with Gasteiger partial charge in [-0.05, 0) is 66.6 Å². The maximum Gasteiger partial charge on any atom is 0.227 e. The average Bonchev–Trinajstić information content (AvgIpc) is 3.40. The summed E-state index contributed by atoms with van der Waals surface area (Å²) in [5.74, 6) is 1.64. The van der Waals surface area contributed by atoms with Crippen molar-refractivity contribution in [3.8, 4) is 17.1 Å². The normalized spacial score (nSPS) is 12.1. The van der Waals surface area contributed by atoms with E-state index in [9.17, 15) is 0 Å². The summed E-state index contributed by atoms with van der Waals surface area (Å²) in [6, 6.07) is 23.6. The molecule has 0 fully saturated rings. The zero-order valence-electron chi connectivity index (χ0n) is 21.8. The molecule has 6 rings (SSSR count). The highest BCUT2D eigenvalue weighted by Gasteiger charge is 2.25. The lowest BCUT2D eigenvalue weighted by atomic mass is 9.92. The van der Waals surface area contributed by atoms with E-state index in [4.69, 9.17) is 9.40 Å². The van der Waals surface area contributed by atoms with Crippen molar-refractivity contribution in [1.29, 1.82) is 0 Å². The van der Waals surface area contributed by atoms with Crippen molar-refractivity contribution in [1.82, 2.24) is 14.5 Å². The van der Waals surface area contributed by atoms with Crippen molar-refractivity contribution < 1.29 is 4.42 Å². The molecule has 3 heterocycles. The summed E-state index contributed by atoms with van der Waals surface area (Å²) in [4.78, 5) is 9.92. The molecule has 0 radical (unpaired) electrons. The van der Waals surface area contributed by atoms with Gasteiger partial charge in [-0.15, -0.1) is 0 Å². The highest BCUT2D eigenvalue weighted by Crippen LogP contribution is 2.41. The molecule has 36 heavy (non-hydrogen) atoms.